The van der Waals surface area contributed by atoms with E-state index in [0.29, 0.717) is 6.04 Å². The Morgan fingerprint density at radius 2 is 1.38 bits per heavy atom. The van der Waals surface area contributed by atoms with Crippen molar-refractivity contribution in [2.75, 3.05) is 13.1 Å². The standard InChI is InChI=1S/C12H29NO2Si/c1-3-13-11-9-7-5-4-6-8-10-12-16(2,14)15/h13-15H,3-12H2,1-2H3. The lowest BCUT2D eigenvalue weighted by Gasteiger charge is -2.10. The molecule has 0 aliphatic carbocycles. The van der Waals surface area contributed by atoms with Gasteiger partial charge >= 0.3 is 8.56 Å². The predicted octanol–water partition coefficient (Wildman–Crippen LogP) is 2.38. The van der Waals surface area contributed by atoms with Crippen LogP contribution in [-0.2, 0) is 0 Å². The lowest BCUT2D eigenvalue weighted by atomic mass is 10.1. The molecule has 0 fully saturated rings. The van der Waals surface area contributed by atoms with Gasteiger partial charge in [0.2, 0.25) is 0 Å². The van der Waals surface area contributed by atoms with Crippen LogP contribution in [0.25, 0.3) is 0 Å². The molecular formula is C12H29NO2Si. The number of rotatable bonds is 11. The van der Waals surface area contributed by atoms with E-state index < -0.39 is 8.56 Å². The molecule has 3 N–H and O–H groups in total. The van der Waals surface area contributed by atoms with E-state index in [1.165, 1.54) is 32.1 Å². The molecule has 0 aromatic heterocycles. The SMILES string of the molecule is CCNCCCCCCCCC[Si](C)(O)O. The first kappa shape index (κ1) is 16.1. The summed E-state index contributed by atoms with van der Waals surface area (Å²) in [5.41, 5.74) is 0. The first-order valence-electron chi connectivity index (χ1n) is 6.71. The Hall–Kier alpha value is 0.0969. The second kappa shape index (κ2) is 10.3. The van der Waals surface area contributed by atoms with E-state index in [4.69, 9.17) is 0 Å². The van der Waals surface area contributed by atoms with Gasteiger partial charge in [-0.1, -0.05) is 45.4 Å². The van der Waals surface area contributed by atoms with Gasteiger partial charge in [0.1, 0.15) is 0 Å². The van der Waals surface area contributed by atoms with Gasteiger partial charge in [-0.2, -0.15) is 0 Å². The van der Waals surface area contributed by atoms with Gasteiger partial charge < -0.3 is 14.9 Å². The maximum absolute atomic E-state index is 9.23. The Labute approximate surface area is 102 Å². The monoisotopic (exact) mass is 247 g/mol. The number of hydrogen-bond donors (Lipinski definition) is 3. The van der Waals surface area contributed by atoms with Gasteiger partial charge in [0.25, 0.3) is 0 Å². The minimum absolute atomic E-state index is 0.632. The normalized spacial score (nSPS) is 12.0. The van der Waals surface area contributed by atoms with Crippen LogP contribution in [0.3, 0.4) is 0 Å². The molecule has 0 aromatic rings. The summed E-state index contributed by atoms with van der Waals surface area (Å²) in [5, 5.41) is 3.33. The predicted molar refractivity (Wildman–Crippen MR) is 71.7 cm³/mol. The van der Waals surface area contributed by atoms with Crippen LogP contribution in [0, 0.1) is 0 Å². The molecule has 0 atom stereocenters. The number of unbranched alkanes of at least 4 members (excludes halogenated alkanes) is 6. The summed E-state index contributed by atoms with van der Waals surface area (Å²) in [6.07, 6.45) is 8.58. The summed E-state index contributed by atoms with van der Waals surface area (Å²) >= 11 is 0. The molecule has 0 unspecified atom stereocenters. The summed E-state index contributed by atoms with van der Waals surface area (Å²) in [6.45, 7) is 5.95. The van der Waals surface area contributed by atoms with E-state index in [1.54, 1.807) is 6.55 Å². The molecule has 0 amide bonds. The summed E-state index contributed by atoms with van der Waals surface area (Å²) < 4.78 is 0. The smallest absolute Gasteiger partial charge is 0.329 e. The van der Waals surface area contributed by atoms with Crippen LogP contribution in [0.2, 0.25) is 12.6 Å². The fourth-order valence-corrected chi connectivity index (χ4v) is 2.69. The molecule has 0 rings (SSSR count). The molecule has 0 aromatic carbocycles. The maximum atomic E-state index is 9.23. The van der Waals surface area contributed by atoms with Crippen molar-refractivity contribution in [1.82, 2.24) is 5.32 Å². The summed E-state index contributed by atoms with van der Waals surface area (Å²) in [4.78, 5) is 18.5. The van der Waals surface area contributed by atoms with Gasteiger partial charge in [-0.05, 0) is 32.1 Å². The minimum Gasteiger partial charge on any atom is -0.411 e. The summed E-state index contributed by atoms with van der Waals surface area (Å²) in [5.74, 6) is 0. The van der Waals surface area contributed by atoms with Gasteiger partial charge in [0.15, 0.2) is 0 Å². The van der Waals surface area contributed by atoms with E-state index in [2.05, 4.69) is 12.2 Å². The molecule has 0 spiro atoms. The highest BCUT2D eigenvalue weighted by molar-refractivity contribution is 6.63. The Balaban J connectivity index is 2.99. The molecule has 0 bridgehead atoms. The average molecular weight is 247 g/mol. The van der Waals surface area contributed by atoms with Crippen molar-refractivity contribution in [2.24, 2.45) is 0 Å². The Kier molecular flexibility index (Phi) is 10.3. The zero-order chi connectivity index (χ0) is 12.3. The largest absolute Gasteiger partial charge is 0.411 e. The van der Waals surface area contributed by atoms with Crippen molar-refractivity contribution >= 4 is 8.56 Å². The van der Waals surface area contributed by atoms with Gasteiger partial charge in [0.05, 0.1) is 0 Å². The Bertz CT molecular complexity index is 148. The lowest BCUT2D eigenvalue weighted by molar-refractivity contribution is 0.366. The Morgan fingerprint density at radius 1 is 0.875 bits per heavy atom. The van der Waals surface area contributed by atoms with Crippen LogP contribution in [0.1, 0.15) is 51.9 Å². The van der Waals surface area contributed by atoms with Crippen molar-refractivity contribution < 1.29 is 9.59 Å². The molecule has 16 heavy (non-hydrogen) atoms. The zero-order valence-electron chi connectivity index (χ0n) is 11.0. The molecule has 4 heteroatoms. The highest BCUT2D eigenvalue weighted by Gasteiger charge is 2.19. The van der Waals surface area contributed by atoms with Crippen LogP contribution in [0.15, 0.2) is 0 Å². The molecule has 0 heterocycles. The van der Waals surface area contributed by atoms with Crippen LogP contribution in [0.5, 0.6) is 0 Å². The van der Waals surface area contributed by atoms with Crippen molar-refractivity contribution in [3.8, 4) is 0 Å². The molecule has 3 nitrogen and oxygen atoms in total. The van der Waals surface area contributed by atoms with Crippen LogP contribution >= 0.6 is 0 Å². The second-order valence-corrected chi connectivity index (χ2v) is 7.73. The topological polar surface area (TPSA) is 52.5 Å². The molecular weight excluding hydrogens is 218 g/mol. The third-order valence-corrected chi connectivity index (χ3v) is 4.05. The number of nitrogens with one attached hydrogen (secondary N) is 1. The summed E-state index contributed by atoms with van der Waals surface area (Å²) in [6, 6.07) is 0.632. The van der Waals surface area contributed by atoms with E-state index in [-0.39, 0.29) is 0 Å². The van der Waals surface area contributed by atoms with Gasteiger partial charge in [-0.3, -0.25) is 0 Å². The quantitative estimate of drug-likeness (QED) is 0.388. The van der Waals surface area contributed by atoms with Gasteiger partial charge in [0, 0.05) is 0 Å². The van der Waals surface area contributed by atoms with Crippen molar-refractivity contribution in [3.05, 3.63) is 0 Å². The first-order valence-corrected chi connectivity index (χ1v) is 9.32. The van der Waals surface area contributed by atoms with Crippen molar-refractivity contribution in [1.29, 1.82) is 0 Å². The Morgan fingerprint density at radius 3 is 1.88 bits per heavy atom. The van der Waals surface area contributed by atoms with Gasteiger partial charge in [-0.25, -0.2) is 0 Å². The molecule has 0 aliphatic heterocycles. The van der Waals surface area contributed by atoms with E-state index in [0.717, 1.165) is 25.9 Å². The molecule has 0 saturated carbocycles. The second-order valence-electron chi connectivity index (χ2n) is 4.80. The van der Waals surface area contributed by atoms with Crippen LogP contribution in [0.4, 0.5) is 0 Å². The van der Waals surface area contributed by atoms with E-state index in [1.807, 2.05) is 0 Å². The maximum Gasteiger partial charge on any atom is 0.329 e. The van der Waals surface area contributed by atoms with Crippen molar-refractivity contribution in [3.63, 3.8) is 0 Å². The van der Waals surface area contributed by atoms with Crippen LogP contribution < -0.4 is 5.32 Å². The third-order valence-electron chi connectivity index (χ3n) is 2.75. The summed E-state index contributed by atoms with van der Waals surface area (Å²) in [7, 11) is -2.76. The number of hydrogen-bond acceptors (Lipinski definition) is 3. The van der Waals surface area contributed by atoms with E-state index >= 15 is 0 Å². The highest BCUT2D eigenvalue weighted by Crippen LogP contribution is 2.12. The zero-order valence-corrected chi connectivity index (χ0v) is 12.0. The van der Waals surface area contributed by atoms with E-state index in [9.17, 15) is 9.59 Å². The molecule has 0 radical (unpaired) electrons. The third kappa shape index (κ3) is 14.1. The molecule has 0 saturated heterocycles. The molecule has 0 aliphatic rings. The van der Waals surface area contributed by atoms with Crippen LogP contribution in [-0.4, -0.2) is 31.2 Å². The fourth-order valence-electron chi connectivity index (χ4n) is 1.77. The molecule has 98 valence electrons. The lowest BCUT2D eigenvalue weighted by Crippen LogP contribution is -2.29. The van der Waals surface area contributed by atoms with Crippen molar-refractivity contribution in [2.45, 2.75) is 64.5 Å². The first-order chi connectivity index (χ1) is 7.56. The fraction of sp³-hybridized carbons (Fsp3) is 1.00. The van der Waals surface area contributed by atoms with Gasteiger partial charge in [-0.15, -0.1) is 0 Å². The highest BCUT2D eigenvalue weighted by atomic mass is 28.4. The average Bonchev–Trinajstić information content (AvgIpc) is 2.19. The minimum atomic E-state index is -2.76.